The van der Waals surface area contributed by atoms with Crippen molar-refractivity contribution >= 4 is 0 Å². The topological polar surface area (TPSA) is 12.5 Å². The van der Waals surface area contributed by atoms with Gasteiger partial charge in [0.05, 0.1) is 12.7 Å². The second-order valence-corrected chi connectivity index (χ2v) is 6.12. The first-order valence-corrected chi connectivity index (χ1v) is 7.73. The molecular weight excluding hydrogens is 315 g/mol. The maximum atomic E-state index is 12.7. The minimum Gasteiger partial charge on any atom is -0.496 e. The summed E-state index contributed by atoms with van der Waals surface area (Å²) in [5.74, 6) is 0.791. The Bertz CT molecular complexity index is 678. The van der Waals surface area contributed by atoms with Crippen molar-refractivity contribution in [3.05, 3.63) is 53.6 Å². The molecule has 2 nitrogen and oxygen atoms in total. The largest absolute Gasteiger partial charge is 0.496 e. The number of likely N-dealkylation sites (N-methyl/N-ethyl adjacent to an activating group) is 1. The number of nitrogens with zero attached hydrogens (tertiary/aromatic N) is 1. The zero-order chi connectivity index (χ0) is 17.9. The molecular formula is C19H22F3NO. The Kier molecular flexibility index (Phi) is 5.54. The maximum absolute atomic E-state index is 12.7. The van der Waals surface area contributed by atoms with E-state index in [0.29, 0.717) is 6.04 Å². The van der Waals surface area contributed by atoms with Crippen LogP contribution in [0.25, 0.3) is 11.1 Å². The quantitative estimate of drug-likeness (QED) is 0.771. The van der Waals surface area contributed by atoms with Crippen molar-refractivity contribution in [1.82, 2.24) is 4.90 Å². The van der Waals surface area contributed by atoms with Crippen molar-refractivity contribution < 1.29 is 17.9 Å². The molecule has 0 saturated carbocycles. The van der Waals surface area contributed by atoms with Crippen molar-refractivity contribution in [3.63, 3.8) is 0 Å². The van der Waals surface area contributed by atoms with Gasteiger partial charge in [-0.25, -0.2) is 0 Å². The zero-order valence-corrected chi connectivity index (χ0v) is 14.3. The minimum absolute atomic E-state index is 0.321. The molecule has 0 saturated heterocycles. The predicted molar refractivity (Wildman–Crippen MR) is 90.3 cm³/mol. The van der Waals surface area contributed by atoms with E-state index in [-0.39, 0.29) is 0 Å². The normalized spacial score (nSPS) is 13.2. The summed E-state index contributed by atoms with van der Waals surface area (Å²) in [7, 11) is 5.64. The molecule has 0 heterocycles. The molecule has 0 N–H and O–H groups in total. The average Bonchev–Trinajstić information content (AvgIpc) is 2.54. The van der Waals surface area contributed by atoms with E-state index in [1.54, 1.807) is 7.11 Å². The van der Waals surface area contributed by atoms with Crippen LogP contribution in [0.1, 0.15) is 18.1 Å². The predicted octanol–water partition coefficient (Wildman–Crippen LogP) is 4.87. The molecule has 0 aromatic heterocycles. The lowest BCUT2D eigenvalue weighted by molar-refractivity contribution is -0.137. The SMILES string of the molecule is COc1ccc(-c2ccc(C(F)(F)F)cc2)cc1CC(C)N(C)C. The molecule has 0 amide bonds. The molecule has 0 aliphatic heterocycles. The summed E-state index contributed by atoms with van der Waals surface area (Å²) < 4.78 is 43.5. The van der Waals surface area contributed by atoms with Crippen LogP contribution in [0.5, 0.6) is 5.75 Å². The van der Waals surface area contributed by atoms with E-state index in [0.717, 1.165) is 41.0 Å². The Hall–Kier alpha value is -2.01. The fraction of sp³-hybridized carbons (Fsp3) is 0.368. The molecule has 0 aliphatic rings. The Morgan fingerprint density at radius 3 is 2.08 bits per heavy atom. The third-order valence-electron chi connectivity index (χ3n) is 4.22. The molecule has 0 fully saturated rings. The van der Waals surface area contributed by atoms with Gasteiger partial charge >= 0.3 is 6.18 Å². The van der Waals surface area contributed by atoms with Crippen molar-refractivity contribution in [2.24, 2.45) is 0 Å². The van der Waals surface area contributed by atoms with Gasteiger partial charge in [-0.15, -0.1) is 0 Å². The molecule has 130 valence electrons. The van der Waals surface area contributed by atoms with Crippen LogP contribution in [0.4, 0.5) is 13.2 Å². The van der Waals surface area contributed by atoms with Crippen molar-refractivity contribution in [1.29, 1.82) is 0 Å². The summed E-state index contributed by atoms with van der Waals surface area (Å²) in [5.41, 5.74) is 2.03. The van der Waals surface area contributed by atoms with E-state index in [4.69, 9.17) is 4.74 Å². The third-order valence-corrected chi connectivity index (χ3v) is 4.22. The molecule has 0 bridgehead atoms. The first-order valence-electron chi connectivity index (χ1n) is 7.73. The van der Waals surface area contributed by atoms with Crippen molar-refractivity contribution in [2.75, 3.05) is 21.2 Å². The smallest absolute Gasteiger partial charge is 0.416 e. The van der Waals surface area contributed by atoms with Gasteiger partial charge in [-0.1, -0.05) is 18.2 Å². The van der Waals surface area contributed by atoms with Gasteiger partial charge in [0.1, 0.15) is 5.75 Å². The lowest BCUT2D eigenvalue weighted by Gasteiger charge is -2.21. The second-order valence-electron chi connectivity index (χ2n) is 6.12. The van der Waals surface area contributed by atoms with Crippen LogP contribution in [0.15, 0.2) is 42.5 Å². The average molecular weight is 337 g/mol. The Balaban J connectivity index is 2.34. The number of ether oxygens (including phenoxy) is 1. The lowest BCUT2D eigenvalue weighted by atomic mass is 9.98. The van der Waals surface area contributed by atoms with E-state index >= 15 is 0 Å². The van der Waals surface area contributed by atoms with Crippen LogP contribution in [-0.2, 0) is 12.6 Å². The summed E-state index contributed by atoms with van der Waals surface area (Å²) in [6.07, 6.45) is -3.52. The highest BCUT2D eigenvalue weighted by Gasteiger charge is 2.30. The van der Waals surface area contributed by atoms with Crippen LogP contribution in [0, 0.1) is 0 Å². The van der Waals surface area contributed by atoms with Gasteiger partial charge in [-0.3, -0.25) is 0 Å². The van der Waals surface area contributed by atoms with Crippen molar-refractivity contribution in [2.45, 2.75) is 25.6 Å². The molecule has 1 unspecified atom stereocenters. The number of hydrogen-bond acceptors (Lipinski definition) is 2. The highest BCUT2D eigenvalue weighted by molar-refractivity contribution is 5.66. The van der Waals surface area contributed by atoms with E-state index < -0.39 is 11.7 Å². The maximum Gasteiger partial charge on any atom is 0.416 e. The van der Waals surface area contributed by atoms with Gasteiger partial charge in [-0.2, -0.15) is 13.2 Å². The van der Waals surface area contributed by atoms with Crippen LogP contribution in [-0.4, -0.2) is 32.1 Å². The highest BCUT2D eigenvalue weighted by atomic mass is 19.4. The molecule has 0 spiro atoms. The molecule has 0 aliphatic carbocycles. The summed E-state index contributed by atoms with van der Waals surface area (Å²) in [6.45, 7) is 2.12. The first kappa shape index (κ1) is 18.3. The number of benzene rings is 2. The summed E-state index contributed by atoms with van der Waals surface area (Å²) >= 11 is 0. The van der Waals surface area contributed by atoms with Crippen molar-refractivity contribution in [3.8, 4) is 16.9 Å². The number of hydrogen-bond donors (Lipinski definition) is 0. The van der Waals surface area contributed by atoms with Gasteiger partial charge in [0, 0.05) is 6.04 Å². The molecule has 2 aromatic rings. The molecule has 2 aromatic carbocycles. The van der Waals surface area contributed by atoms with Crippen LogP contribution >= 0.6 is 0 Å². The number of halogens is 3. The fourth-order valence-electron chi connectivity index (χ4n) is 2.47. The van der Waals surface area contributed by atoms with Gasteiger partial charge in [0.2, 0.25) is 0 Å². The molecule has 24 heavy (non-hydrogen) atoms. The van der Waals surface area contributed by atoms with Gasteiger partial charge < -0.3 is 9.64 Å². The molecule has 0 radical (unpaired) electrons. The molecule has 5 heteroatoms. The van der Waals surface area contributed by atoms with Gasteiger partial charge in [0.25, 0.3) is 0 Å². The Morgan fingerprint density at radius 2 is 1.58 bits per heavy atom. The monoisotopic (exact) mass is 337 g/mol. The van der Waals surface area contributed by atoms with Gasteiger partial charge in [-0.05, 0) is 68.4 Å². The minimum atomic E-state index is -4.31. The standard InChI is InChI=1S/C19H22F3NO/c1-13(23(2)3)11-16-12-15(7-10-18(16)24-4)14-5-8-17(9-6-14)19(20,21)22/h5-10,12-13H,11H2,1-4H3. The Labute approximate surface area is 140 Å². The van der Waals surface area contributed by atoms with E-state index in [1.807, 2.05) is 32.3 Å². The van der Waals surface area contributed by atoms with Crippen LogP contribution in [0.2, 0.25) is 0 Å². The van der Waals surface area contributed by atoms with E-state index in [1.165, 1.54) is 12.1 Å². The zero-order valence-electron chi connectivity index (χ0n) is 14.3. The summed E-state index contributed by atoms with van der Waals surface area (Å²) in [4.78, 5) is 2.12. The van der Waals surface area contributed by atoms with E-state index in [9.17, 15) is 13.2 Å². The van der Waals surface area contributed by atoms with Gasteiger partial charge in [0.15, 0.2) is 0 Å². The Morgan fingerprint density at radius 1 is 1.00 bits per heavy atom. The number of methoxy groups -OCH3 is 1. The highest BCUT2D eigenvalue weighted by Crippen LogP contribution is 2.32. The van der Waals surface area contributed by atoms with E-state index in [2.05, 4.69) is 11.8 Å². The summed E-state index contributed by atoms with van der Waals surface area (Å²) in [5, 5.41) is 0. The third kappa shape index (κ3) is 4.29. The van der Waals surface area contributed by atoms with Crippen LogP contribution < -0.4 is 4.74 Å². The van der Waals surface area contributed by atoms with Crippen LogP contribution in [0.3, 0.4) is 0 Å². The number of alkyl halides is 3. The second kappa shape index (κ2) is 7.26. The fourth-order valence-corrected chi connectivity index (χ4v) is 2.47. The number of rotatable bonds is 5. The first-order chi connectivity index (χ1) is 11.2. The molecule has 1 atom stereocenters. The summed E-state index contributed by atoms with van der Waals surface area (Å²) in [6, 6.07) is 11.3. The molecule has 2 rings (SSSR count). The lowest BCUT2D eigenvalue weighted by Crippen LogP contribution is -2.26.